The molecule has 0 spiro atoms. The molecule has 1 saturated carbocycles. The number of fused-ring (bicyclic) bond motifs is 1. The minimum Gasteiger partial charge on any atom is -0.480 e. The third kappa shape index (κ3) is 3.01. The maximum atomic E-state index is 11.1. The average molecular weight is 291 g/mol. The van der Waals surface area contributed by atoms with Crippen molar-refractivity contribution in [2.45, 2.75) is 42.5 Å². The standard InChI is InChI=1S/C16H21NO2S/c18-16(19)10-17(13-5-1-2-6-13)9-12-11-20-15-8-4-3-7-14(12)15/h3-4,7-8,12-13H,1-2,5-6,9-11H2,(H,18,19). The molecule has 1 unspecified atom stereocenters. The molecule has 0 aromatic heterocycles. The molecule has 1 heterocycles. The van der Waals surface area contributed by atoms with Crippen LogP contribution in [-0.4, -0.2) is 40.9 Å². The molecule has 0 saturated heterocycles. The van der Waals surface area contributed by atoms with Crippen molar-refractivity contribution < 1.29 is 9.90 Å². The van der Waals surface area contributed by atoms with Crippen LogP contribution in [0.15, 0.2) is 29.2 Å². The molecule has 3 rings (SSSR count). The van der Waals surface area contributed by atoms with Gasteiger partial charge in [-0.25, -0.2) is 0 Å². The van der Waals surface area contributed by atoms with Gasteiger partial charge < -0.3 is 5.11 Å². The number of benzene rings is 1. The summed E-state index contributed by atoms with van der Waals surface area (Å²) in [5, 5.41) is 9.17. The number of nitrogens with zero attached hydrogens (tertiary/aromatic N) is 1. The van der Waals surface area contributed by atoms with Gasteiger partial charge in [0, 0.05) is 29.2 Å². The van der Waals surface area contributed by atoms with Gasteiger partial charge >= 0.3 is 5.97 Å². The Morgan fingerprint density at radius 2 is 2.05 bits per heavy atom. The van der Waals surface area contributed by atoms with Crippen molar-refractivity contribution in [3.05, 3.63) is 29.8 Å². The lowest BCUT2D eigenvalue weighted by Gasteiger charge is -2.29. The Bertz CT molecular complexity index is 485. The van der Waals surface area contributed by atoms with Crippen LogP contribution in [0.5, 0.6) is 0 Å². The van der Waals surface area contributed by atoms with E-state index >= 15 is 0 Å². The molecule has 1 aliphatic heterocycles. The monoisotopic (exact) mass is 291 g/mol. The lowest BCUT2D eigenvalue weighted by Crippen LogP contribution is -2.40. The number of thioether (sulfide) groups is 1. The van der Waals surface area contributed by atoms with Crippen LogP contribution < -0.4 is 0 Å². The summed E-state index contributed by atoms with van der Waals surface area (Å²) < 4.78 is 0. The number of aliphatic carboxylic acids is 1. The lowest BCUT2D eigenvalue weighted by molar-refractivity contribution is -0.139. The molecule has 1 aromatic rings. The molecule has 0 radical (unpaired) electrons. The molecule has 1 fully saturated rings. The number of rotatable bonds is 5. The van der Waals surface area contributed by atoms with Crippen molar-refractivity contribution in [3.63, 3.8) is 0 Å². The summed E-state index contributed by atoms with van der Waals surface area (Å²) in [7, 11) is 0. The van der Waals surface area contributed by atoms with E-state index in [9.17, 15) is 4.79 Å². The van der Waals surface area contributed by atoms with E-state index in [-0.39, 0.29) is 6.54 Å². The number of carboxylic acids is 1. The fraction of sp³-hybridized carbons (Fsp3) is 0.562. The molecule has 108 valence electrons. The molecule has 0 bridgehead atoms. The zero-order chi connectivity index (χ0) is 13.9. The molecule has 1 N–H and O–H groups in total. The fourth-order valence-electron chi connectivity index (χ4n) is 3.45. The number of carboxylic acid groups (broad SMARTS) is 1. The van der Waals surface area contributed by atoms with Crippen molar-refractivity contribution in [3.8, 4) is 0 Å². The summed E-state index contributed by atoms with van der Waals surface area (Å²) in [6.07, 6.45) is 4.82. The summed E-state index contributed by atoms with van der Waals surface area (Å²) in [5.41, 5.74) is 1.41. The molecular weight excluding hydrogens is 270 g/mol. The van der Waals surface area contributed by atoms with Gasteiger partial charge in [-0.1, -0.05) is 31.0 Å². The summed E-state index contributed by atoms with van der Waals surface area (Å²) in [6, 6.07) is 9.03. The zero-order valence-electron chi connectivity index (χ0n) is 11.6. The van der Waals surface area contributed by atoms with E-state index in [4.69, 9.17) is 5.11 Å². The molecule has 3 nitrogen and oxygen atoms in total. The predicted octanol–water partition coefficient (Wildman–Crippen LogP) is 3.21. The summed E-state index contributed by atoms with van der Waals surface area (Å²) >= 11 is 1.91. The summed E-state index contributed by atoms with van der Waals surface area (Å²) in [5.74, 6) is 0.870. The van der Waals surface area contributed by atoms with Crippen LogP contribution in [0.1, 0.15) is 37.2 Å². The van der Waals surface area contributed by atoms with Crippen LogP contribution in [0.4, 0.5) is 0 Å². The zero-order valence-corrected chi connectivity index (χ0v) is 12.4. The van der Waals surface area contributed by atoms with Gasteiger partial charge in [0.05, 0.1) is 6.54 Å². The number of hydrogen-bond donors (Lipinski definition) is 1. The smallest absolute Gasteiger partial charge is 0.317 e. The minimum atomic E-state index is -0.698. The van der Waals surface area contributed by atoms with Gasteiger partial charge in [0.1, 0.15) is 0 Å². The normalized spacial score (nSPS) is 22.4. The Hall–Kier alpha value is -1.00. The third-order valence-electron chi connectivity index (χ3n) is 4.43. The number of carbonyl (C=O) groups is 1. The molecule has 20 heavy (non-hydrogen) atoms. The second kappa shape index (κ2) is 6.19. The highest BCUT2D eigenvalue weighted by atomic mass is 32.2. The van der Waals surface area contributed by atoms with E-state index in [2.05, 4.69) is 29.2 Å². The molecule has 2 aliphatic rings. The van der Waals surface area contributed by atoms with E-state index in [1.807, 2.05) is 11.8 Å². The molecular formula is C16H21NO2S. The predicted molar refractivity (Wildman–Crippen MR) is 81.4 cm³/mol. The largest absolute Gasteiger partial charge is 0.480 e. The van der Waals surface area contributed by atoms with Gasteiger partial charge in [0.15, 0.2) is 0 Å². The van der Waals surface area contributed by atoms with Crippen molar-refractivity contribution in [1.82, 2.24) is 4.90 Å². The maximum absolute atomic E-state index is 11.1. The quantitative estimate of drug-likeness (QED) is 0.904. The Morgan fingerprint density at radius 1 is 1.30 bits per heavy atom. The van der Waals surface area contributed by atoms with E-state index in [1.165, 1.54) is 23.3 Å². The first-order valence-corrected chi connectivity index (χ1v) is 8.40. The molecule has 1 aliphatic carbocycles. The van der Waals surface area contributed by atoms with Crippen molar-refractivity contribution >= 4 is 17.7 Å². The first kappa shape index (κ1) is 14.0. The fourth-order valence-corrected chi connectivity index (χ4v) is 4.69. The lowest BCUT2D eigenvalue weighted by atomic mass is 9.99. The van der Waals surface area contributed by atoms with Crippen molar-refractivity contribution in [2.75, 3.05) is 18.8 Å². The van der Waals surface area contributed by atoms with Crippen molar-refractivity contribution in [1.29, 1.82) is 0 Å². The average Bonchev–Trinajstić information content (AvgIpc) is 3.07. The maximum Gasteiger partial charge on any atom is 0.317 e. The van der Waals surface area contributed by atoms with Crippen LogP contribution in [0.25, 0.3) is 0 Å². The molecule has 0 amide bonds. The topological polar surface area (TPSA) is 40.5 Å². The Morgan fingerprint density at radius 3 is 2.80 bits per heavy atom. The summed E-state index contributed by atoms with van der Waals surface area (Å²) in [6.45, 7) is 1.08. The Kier molecular flexibility index (Phi) is 4.32. The van der Waals surface area contributed by atoms with Crippen molar-refractivity contribution in [2.24, 2.45) is 0 Å². The Balaban J connectivity index is 1.71. The first-order chi connectivity index (χ1) is 9.74. The molecule has 1 atom stereocenters. The molecule has 4 heteroatoms. The highest BCUT2D eigenvalue weighted by molar-refractivity contribution is 7.99. The summed E-state index contributed by atoms with van der Waals surface area (Å²) in [4.78, 5) is 14.7. The Labute approximate surface area is 124 Å². The van der Waals surface area contributed by atoms with E-state index < -0.39 is 5.97 Å². The van der Waals surface area contributed by atoms with Gasteiger partial charge in [-0.3, -0.25) is 9.69 Å². The first-order valence-electron chi connectivity index (χ1n) is 7.41. The SMILES string of the molecule is O=C(O)CN(CC1CSc2ccccc21)C1CCCC1. The van der Waals surface area contributed by atoms with Gasteiger partial charge in [-0.15, -0.1) is 11.8 Å². The van der Waals surface area contributed by atoms with Crippen LogP contribution >= 0.6 is 11.8 Å². The van der Waals surface area contributed by atoms with Gasteiger partial charge in [0.2, 0.25) is 0 Å². The minimum absolute atomic E-state index is 0.188. The van der Waals surface area contributed by atoms with Crippen LogP contribution in [-0.2, 0) is 4.79 Å². The molecule has 1 aromatic carbocycles. The van der Waals surface area contributed by atoms with Gasteiger partial charge in [-0.2, -0.15) is 0 Å². The van der Waals surface area contributed by atoms with E-state index in [0.29, 0.717) is 12.0 Å². The van der Waals surface area contributed by atoms with Gasteiger partial charge in [-0.05, 0) is 24.5 Å². The second-order valence-electron chi connectivity index (χ2n) is 5.81. The highest BCUT2D eigenvalue weighted by Gasteiger charge is 2.30. The van der Waals surface area contributed by atoms with E-state index in [0.717, 1.165) is 25.1 Å². The third-order valence-corrected chi connectivity index (χ3v) is 5.69. The number of hydrogen-bond acceptors (Lipinski definition) is 3. The van der Waals surface area contributed by atoms with Crippen LogP contribution in [0.3, 0.4) is 0 Å². The second-order valence-corrected chi connectivity index (χ2v) is 6.87. The highest BCUT2D eigenvalue weighted by Crippen LogP contribution is 2.40. The van der Waals surface area contributed by atoms with Gasteiger partial charge in [0.25, 0.3) is 0 Å². The van der Waals surface area contributed by atoms with E-state index in [1.54, 1.807) is 0 Å². The van der Waals surface area contributed by atoms with Crippen LogP contribution in [0, 0.1) is 0 Å². The van der Waals surface area contributed by atoms with Crippen LogP contribution in [0.2, 0.25) is 0 Å².